The monoisotopic (exact) mass is 397 g/mol. The quantitative estimate of drug-likeness (QED) is 0.621. The molecule has 0 saturated heterocycles. The Bertz CT molecular complexity index is 925. The highest BCUT2D eigenvalue weighted by molar-refractivity contribution is 6.30. The van der Waals surface area contributed by atoms with Crippen LogP contribution in [0.5, 0.6) is 0 Å². The highest BCUT2D eigenvalue weighted by Gasteiger charge is 2.19. The second kappa shape index (κ2) is 9.15. The average molecular weight is 398 g/mol. The van der Waals surface area contributed by atoms with Crippen LogP contribution in [0.25, 0.3) is 0 Å². The fourth-order valence-electron chi connectivity index (χ4n) is 2.72. The van der Waals surface area contributed by atoms with Gasteiger partial charge in [-0.3, -0.25) is 4.79 Å². The minimum Gasteiger partial charge on any atom is -0.452 e. The van der Waals surface area contributed by atoms with Crippen LogP contribution in [0.1, 0.15) is 27.5 Å². The first kappa shape index (κ1) is 19.6. The minimum atomic E-state index is -0.953. The summed E-state index contributed by atoms with van der Waals surface area (Å²) >= 11 is 5.77. The lowest BCUT2D eigenvalue weighted by Crippen LogP contribution is -2.33. The predicted molar refractivity (Wildman–Crippen MR) is 105 cm³/mol. The van der Waals surface area contributed by atoms with Crippen LogP contribution in [-0.4, -0.2) is 18.5 Å². The third-order valence-corrected chi connectivity index (χ3v) is 4.29. The van der Waals surface area contributed by atoms with Crippen molar-refractivity contribution in [2.24, 2.45) is 0 Å². The van der Waals surface area contributed by atoms with Gasteiger partial charge in [-0.2, -0.15) is 0 Å². The number of carbonyl (C=O) groups excluding carboxylic acids is 2. The first-order chi connectivity index (χ1) is 13.5. The van der Waals surface area contributed by atoms with Gasteiger partial charge in [-0.15, -0.1) is 0 Å². The molecule has 1 N–H and O–H groups in total. The van der Waals surface area contributed by atoms with E-state index in [1.165, 1.54) is 6.07 Å². The van der Waals surface area contributed by atoms with Crippen molar-refractivity contribution in [3.05, 3.63) is 106 Å². The zero-order valence-corrected chi connectivity index (χ0v) is 15.5. The van der Waals surface area contributed by atoms with Crippen LogP contribution in [-0.2, 0) is 9.53 Å². The molecule has 0 bridgehead atoms. The molecule has 0 aliphatic carbocycles. The molecule has 0 saturated carbocycles. The molecule has 142 valence electrons. The van der Waals surface area contributed by atoms with E-state index in [2.05, 4.69) is 5.32 Å². The zero-order valence-electron chi connectivity index (χ0n) is 14.8. The molecule has 0 aliphatic rings. The lowest BCUT2D eigenvalue weighted by Gasteiger charge is -2.20. The topological polar surface area (TPSA) is 55.4 Å². The van der Waals surface area contributed by atoms with E-state index in [4.69, 9.17) is 16.3 Å². The Kier molecular flexibility index (Phi) is 6.40. The molecule has 0 aromatic heterocycles. The molecule has 0 spiro atoms. The van der Waals surface area contributed by atoms with Crippen molar-refractivity contribution >= 4 is 23.5 Å². The number of benzene rings is 3. The molecular weight excluding hydrogens is 381 g/mol. The molecule has 0 aliphatic heterocycles. The van der Waals surface area contributed by atoms with Crippen LogP contribution >= 0.6 is 11.6 Å². The Balaban J connectivity index is 1.69. The van der Waals surface area contributed by atoms with E-state index >= 15 is 0 Å². The Morgan fingerprint density at radius 3 is 2.07 bits per heavy atom. The first-order valence-corrected chi connectivity index (χ1v) is 8.94. The van der Waals surface area contributed by atoms with Crippen molar-refractivity contribution in [3.8, 4) is 0 Å². The molecule has 1 amide bonds. The molecule has 28 heavy (non-hydrogen) atoms. The second-order valence-corrected chi connectivity index (χ2v) is 6.46. The molecule has 0 heterocycles. The second-order valence-electron chi connectivity index (χ2n) is 6.02. The van der Waals surface area contributed by atoms with Gasteiger partial charge in [-0.05, 0) is 29.3 Å². The van der Waals surface area contributed by atoms with Crippen LogP contribution < -0.4 is 5.32 Å². The summed E-state index contributed by atoms with van der Waals surface area (Å²) in [6, 6.07) is 22.0. The number of esters is 1. The van der Waals surface area contributed by atoms with Gasteiger partial charge in [0.2, 0.25) is 0 Å². The van der Waals surface area contributed by atoms with E-state index in [-0.39, 0.29) is 10.6 Å². The first-order valence-electron chi connectivity index (χ1n) is 8.56. The maximum absolute atomic E-state index is 13.7. The fraction of sp³-hybridized carbons (Fsp3) is 0.0909. The van der Waals surface area contributed by atoms with Gasteiger partial charge in [-0.1, -0.05) is 72.3 Å². The van der Waals surface area contributed by atoms with Gasteiger partial charge in [0.15, 0.2) is 6.61 Å². The number of hydrogen-bond donors (Lipinski definition) is 1. The minimum absolute atomic E-state index is 0.200. The van der Waals surface area contributed by atoms with Crippen LogP contribution in [0.4, 0.5) is 4.39 Å². The number of ether oxygens (including phenoxy) is 1. The molecule has 0 unspecified atom stereocenters. The van der Waals surface area contributed by atoms with Crippen molar-refractivity contribution in [2.45, 2.75) is 6.04 Å². The van der Waals surface area contributed by atoms with Gasteiger partial charge in [0.05, 0.1) is 11.6 Å². The smallest absolute Gasteiger partial charge is 0.341 e. The molecule has 3 aromatic rings. The van der Waals surface area contributed by atoms with E-state index in [0.717, 1.165) is 23.3 Å². The summed E-state index contributed by atoms with van der Waals surface area (Å²) in [5.74, 6) is -2.22. The standard InChI is InChI=1S/C22H17ClFNO3/c23-17-11-12-19(24)18(13-17)22(27)28-14-20(26)25-21(15-7-3-1-4-8-15)16-9-5-2-6-10-16/h1-13,21H,14H2,(H,25,26). The number of rotatable bonds is 6. The summed E-state index contributed by atoms with van der Waals surface area (Å²) in [7, 11) is 0. The Labute approximate surface area is 166 Å². The van der Waals surface area contributed by atoms with E-state index in [1.807, 2.05) is 60.7 Å². The Hall–Kier alpha value is -3.18. The van der Waals surface area contributed by atoms with Gasteiger partial charge in [-0.25, -0.2) is 9.18 Å². The molecule has 0 atom stereocenters. The molecule has 3 aromatic carbocycles. The van der Waals surface area contributed by atoms with Gasteiger partial charge in [0, 0.05) is 5.02 Å². The van der Waals surface area contributed by atoms with Crippen molar-refractivity contribution in [1.82, 2.24) is 5.32 Å². The van der Waals surface area contributed by atoms with Crippen LogP contribution in [0, 0.1) is 5.82 Å². The molecule has 0 fully saturated rings. The number of amides is 1. The summed E-state index contributed by atoms with van der Waals surface area (Å²) in [6.45, 7) is -0.541. The molecule has 3 rings (SSSR count). The Morgan fingerprint density at radius 1 is 0.929 bits per heavy atom. The number of carbonyl (C=O) groups is 2. The maximum Gasteiger partial charge on any atom is 0.341 e. The summed E-state index contributed by atoms with van der Waals surface area (Å²) in [4.78, 5) is 24.4. The SMILES string of the molecule is O=C(COC(=O)c1cc(Cl)ccc1F)NC(c1ccccc1)c1ccccc1. The van der Waals surface area contributed by atoms with Crippen molar-refractivity contribution in [1.29, 1.82) is 0 Å². The van der Waals surface area contributed by atoms with E-state index < -0.39 is 30.3 Å². The maximum atomic E-state index is 13.7. The van der Waals surface area contributed by atoms with Crippen LogP contribution in [0.2, 0.25) is 5.02 Å². The molecule has 6 heteroatoms. The lowest BCUT2D eigenvalue weighted by atomic mass is 9.99. The summed E-state index contributed by atoms with van der Waals surface area (Å²) in [5.41, 5.74) is 1.45. The Morgan fingerprint density at radius 2 is 1.50 bits per heavy atom. The number of nitrogens with one attached hydrogen (secondary N) is 1. The third kappa shape index (κ3) is 4.96. The van der Waals surface area contributed by atoms with Gasteiger partial charge in [0.25, 0.3) is 5.91 Å². The largest absolute Gasteiger partial charge is 0.452 e. The van der Waals surface area contributed by atoms with E-state index in [0.29, 0.717) is 0 Å². The van der Waals surface area contributed by atoms with Gasteiger partial charge >= 0.3 is 5.97 Å². The lowest BCUT2D eigenvalue weighted by molar-refractivity contribution is -0.124. The van der Waals surface area contributed by atoms with Gasteiger partial charge < -0.3 is 10.1 Å². The number of hydrogen-bond acceptors (Lipinski definition) is 3. The van der Waals surface area contributed by atoms with E-state index in [1.54, 1.807) is 0 Å². The van der Waals surface area contributed by atoms with Crippen LogP contribution in [0.3, 0.4) is 0 Å². The summed E-state index contributed by atoms with van der Waals surface area (Å²) in [5, 5.41) is 3.05. The fourth-order valence-corrected chi connectivity index (χ4v) is 2.89. The van der Waals surface area contributed by atoms with Crippen molar-refractivity contribution < 1.29 is 18.7 Å². The third-order valence-electron chi connectivity index (χ3n) is 4.05. The predicted octanol–water partition coefficient (Wildman–Crippen LogP) is 4.54. The number of halogens is 2. The molecule has 0 radical (unpaired) electrons. The average Bonchev–Trinajstić information content (AvgIpc) is 2.73. The van der Waals surface area contributed by atoms with Crippen molar-refractivity contribution in [2.75, 3.05) is 6.61 Å². The highest BCUT2D eigenvalue weighted by atomic mass is 35.5. The summed E-state index contributed by atoms with van der Waals surface area (Å²) in [6.07, 6.45) is 0. The molecule has 4 nitrogen and oxygen atoms in total. The normalized spacial score (nSPS) is 10.5. The summed E-state index contributed by atoms with van der Waals surface area (Å²) < 4.78 is 18.7. The van der Waals surface area contributed by atoms with Crippen molar-refractivity contribution in [3.63, 3.8) is 0 Å². The highest BCUT2D eigenvalue weighted by Crippen LogP contribution is 2.21. The van der Waals surface area contributed by atoms with E-state index in [9.17, 15) is 14.0 Å². The van der Waals surface area contributed by atoms with Gasteiger partial charge in [0.1, 0.15) is 5.82 Å². The zero-order chi connectivity index (χ0) is 19.9. The molecular formula is C22H17ClFNO3. The van der Waals surface area contributed by atoms with Crippen LogP contribution in [0.15, 0.2) is 78.9 Å².